The molecule has 17 heavy (non-hydrogen) atoms. The van der Waals surface area contributed by atoms with E-state index in [1.165, 1.54) is 16.7 Å². The molecule has 1 amide bonds. The van der Waals surface area contributed by atoms with Crippen molar-refractivity contribution in [1.29, 1.82) is 0 Å². The number of hydrogen-bond acceptors (Lipinski definition) is 6. The summed E-state index contributed by atoms with van der Waals surface area (Å²) in [4.78, 5) is 29.0. The highest BCUT2D eigenvalue weighted by Gasteiger charge is 2.51. The molecule has 1 saturated heterocycles. The number of nitrogens with zero attached hydrogens (tertiary/aromatic N) is 1. The van der Waals surface area contributed by atoms with Crippen LogP contribution in [-0.2, 0) is 14.4 Å². The molecule has 0 aromatic carbocycles. The van der Waals surface area contributed by atoms with Gasteiger partial charge in [-0.1, -0.05) is 0 Å². The lowest BCUT2D eigenvalue weighted by Gasteiger charge is -2.47. The van der Waals surface area contributed by atoms with Crippen LogP contribution in [0.4, 0.5) is 0 Å². The van der Waals surface area contributed by atoms with Gasteiger partial charge in [-0.3, -0.25) is 14.5 Å². The summed E-state index contributed by atoms with van der Waals surface area (Å²) in [6.45, 7) is 0.136. The number of hydrogen-bond donors (Lipinski definition) is 3. The summed E-state index contributed by atoms with van der Waals surface area (Å²) in [6.07, 6.45) is 0. The van der Waals surface area contributed by atoms with Crippen molar-refractivity contribution >= 4 is 23.6 Å². The van der Waals surface area contributed by atoms with Crippen molar-refractivity contribution in [3.8, 4) is 0 Å². The molecule has 0 aliphatic carbocycles. The Morgan fingerprint density at radius 2 is 2.47 bits per heavy atom. The second-order valence-electron chi connectivity index (χ2n) is 3.69. The molecule has 0 saturated carbocycles. The van der Waals surface area contributed by atoms with E-state index in [4.69, 9.17) is 15.7 Å². The van der Waals surface area contributed by atoms with Gasteiger partial charge in [-0.25, -0.2) is 10.3 Å². The standard InChI is InChI=1S/C9H13N3O4S/c1-11-16-2-4-3-17-8-5(10)7(13)12(8)6(4)9(14)15/h5,8,11H,2-3,10H2,1H3,(H,14,15)/t5?,8-/m1/s1. The monoisotopic (exact) mass is 259 g/mol. The summed E-state index contributed by atoms with van der Waals surface area (Å²) in [7, 11) is 1.59. The number of carbonyl (C=O) groups excluding carboxylic acids is 1. The van der Waals surface area contributed by atoms with Crippen LogP contribution >= 0.6 is 11.8 Å². The van der Waals surface area contributed by atoms with Crippen LogP contribution in [0.1, 0.15) is 0 Å². The number of β-lactam (4-membered cyclic amide) rings is 1. The molecule has 8 heteroatoms. The summed E-state index contributed by atoms with van der Waals surface area (Å²) in [5.41, 5.74) is 8.67. The van der Waals surface area contributed by atoms with Gasteiger partial charge < -0.3 is 10.8 Å². The lowest BCUT2D eigenvalue weighted by molar-refractivity contribution is -0.148. The maximum Gasteiger partial charge on any atom is 0.352 e. The summed E-state index contributed by atoms with van der Waals surface area (Å²) in [5.74, 6) is -0.960. The van der Waals surface area contributed by atoms with E-state index in [9.17, 15) is 9.59 Å². The van der Waals surface area contributed by atoms with Crippen LogP contribution in [0.2, 0.25) is 0 Å². The average molecular weight is 259 g/mol. The Balaban J connectivity index is 2.26. The smallest absolute Gasteiger partial charge is 0.352 e. The third-order valence-corrected chi connectivity index (χ3v) is 4.04. The van der Waals surface area contributed by atoms with Gasteiger partial charge in [0.05, 0.1) is 6.61 Å². The van der Waals surface area contributed by atoms with E-state index in [0.29, 0.717) is 11.3 Å². The van der Waals surface area contributed by atoms with Crippen molar-refractivity contribution < 1.29 is 19.5 Å². The Kier molecular flexibility index (Phi) is 3.38. The molecule has 2 heterocycles. The molecule has 7 nitrogen and oxygen atoms in total. The highest BCUT2D eigenvalue weighted by atomic mass is 32.2. The number of aliphatic carboxylic acids is 1. The quantitative estimate of drug-likeness (QED) is 0.426. The van der Waals surface area contributed by atoms with Gasteiger partial charge in [0.1, 0.15) is 17.1 Å². The van der Waals surface area contributed by atoms with E-state index in [1.807, 2.05) is 0 Å². The fourth-order valence-electron chi connectivity index (χ4n) is 1.85. The van der Waals surface area contributed by atoms with Crippen molar-refractivity contribution in [2.45, 2.75) is 11.4 Å². The van der Waals surface area contributed by atoms with E-state index in [0.717, 1.165) is 0 Å². The number of thioether (sulfide) groups is 1. The van der Waals surface area contributed by atoms with E-state index >= 15 is 0 Å². The molecule has 0 bridgehead atoms. The molecule has 2 atom stereocenters. The fourth-order valence-corrected chi connectivity index (χ4v) is 3.12. The first kappa shape index (κ1) is 12.4. The van der Waals surface area contributed by atoms with Gasteiger partial charge in [-0.05, 0) is 5.57 Å². The van der Waals surface area contributed by atoms with Crippen LogP contribution < -0.4 is 11.2 Å². The lowest BCUT2D eigenvalue weighted by atomic mass is 10.0. The maximum atomic E-state index is 11.6. The van der Waals surface area contributed by atoms with Crippen LogP contribution in [0.5, 0.6) is 0 Å². The Morgan fingerprint density at radius 1 is 1.76 bits per heavy atom. The van der Waals surface area contributed by atoms with Crippen molar-refractivity contribution in [1.82, 2.24) is 10.4 Å². The summed E-state index contributed by atoms with van der Waals surface area (Å²) in [6, 6.07) is -0.596. The van der Waals surface area contributed by atoms with E-state index in [1.54, 1.807) is 7.05 Å². The number of nitrogens with two attached hydrogens (primary N) is 1. The first-order chi connectivity index (χ1) is 8.07. The fraction of sp³-hybridized carbons (Fsp3) is 0.556. The molecular weight excluding hydrogens is 246 g/mol. The largest absolute Gasteiger partial charge is 0.477 e. The lowest BCUT2D eigenvalue weighted by Crippen LogP contribution is -2.68. The van der Waals surface area contributed by atoms with Gasteiger partial charge >= 0.3 is 5.97 Å². The third-order valence-electron chi connectivity index (χ3n) is 2.68. The van der Waals surface area contributed by atoms with Gasteiger partial charge in [-0.15, -0.1) is 11.8 Å². The molecule has 2 aliphatic rings. The first-order valence-electron chi connectivity index (χ1n) is 5.02. The Bertz CT molecular complexity index is 398. The van der Waals surface area contributed by atoms with Gasteiger partial charge in [0.15, 0.2) is 0 Å². The minimum atomic E-state index is -1.12. The van der Waals surface area contributed by atoms with Crippen LogP contribution in [0.15, 0.2) is 11.3 Å². The van der Waals surface area contributed by atoms with Crippen LogP contribution in [-0.4, -0.2) is 52.7 Å². The van der Waals surface area contributed by atoms with E-state index in [-0.39, 0.29) is 23.6 Å². The molecule has 0 aromatic heterocycles. The number of carbonyl (C=O) groups is 2. The van der Waals surface area contributed by atoms with Gasteiger partial charge in [0, 0.05) is 12.8 Å². The second-order valence-corrected chi connectivity index (χ2v) is 4.79. The van der Waals surface area contributed by atoms with E-state index in [2.05, 4.69) is 5.48 Å². The number of carboxylic acid groups (broad SMARTS) is 1. The minimum Gasteiger partial charge on any atom is -0.477 e. The topological polar surface area (TPSA) is 105 Å². The Hall–Kier alpha value is -1.09. The summed E-state index contributed by atoms with van der Waals surface area (Å²) in [5, 5.41) is 8.90. The molecule has 0 aromatic rings. The Labute approximate surface area is 102 Å². The molecule has 1 unspecified atom stereocenters. The van der Waals surface area contributed by atoms with Crippen molar-refractivity contribution in [2.24, 2.45) is 5.73 Å². The Morgan fingerprint density at radius 3 is 3.06 bits per heavy atom. The van der Waals surface area contributed by atoms with Crippen LogP contribution in [0.3, 0.4) is 0 Å². The second kappa shape index (κ2) is 4.65. The predicted octanol–water partition coefficient (Wildman–Crippen LogP) is -1.28. The van der Waals surface area contributed by atoms with Gasteiger partial charge in [0.25, 0.3) is 0 Å². The van der Waals surface area contributed by atoms with Crippen molar-refractivity contribution in [2.75, 3.05) is 19.4 Å². The molecule has 1 fully saturated rings. The molecule has 94 valence electrons. The zero-order valence-electron chi connectivity index (χ0n) is 9.17. The van der Waals surface area contributed by atoms with Crippen molar-refractivity contribution in [3.63, 3.8) is 0 Å². The first-order valence-corrected chi connectivity index (χ1v) is 6.07. The molecule has 2 rings (SSSR count). The normalized spacial score (nSPS) is 27.9. The number of fused-ring (bicyclic) bond motifs is 1. The minimum absolute atomic E-state index is 0.00991. The SMILES string of the molecule is CNOCC1=C(C(=O)O)N2C(=O)C(N)[C@H]2SC1. The highest BCUT2D eigenvalue weighted by molar-refractivity contribution is 8.00. The van der Waals surface area contributed by atoms with E-state index < -0.39 is 12.0 Å². The maximum absolute atomic E-state index is 11.6. The molecular formula is C9H13N3O4S. The van der Waals surface area contributed by atoms with Crippen LogP contribution in [0.25, 0.3) is 0 Å². The third kappa shape index (κ3) is 1.93. The zero-order chi connectivity index (χ0) is 12.6. The zero-order valence-corrected chi connectivity index (χ0v) is 9.99. The number of carboxylic acids is 1. The van der Waals surface area contributed by atoms with Crippen molar-refractivity contribution in [3.05, 3.63) is 11.3 Å². The summed E-state index contributed by atoms with van der Waals surface area (Å²) < 4.78 is 0. The summed E-state index contributed by atoms with van der Waals surface area (Å²) >= 11 is 1.46. The highest BCUT2D eigenvalue weighted by Crippen LogP contribution is 2.39. The van der Waals surface area contributed by atoms with Crippen LogP contribution in [0, 0.1) is 0 Å². The molecule has 2 aliphatic heterocycles. The molecule has 0 spiro atoms. The number of hydroxylamine groups is 1. The predicted molar refractivity (Wildman–Crippen MR) is 60.7 cm³/mol. The number of nitrogens with one attached hydrogen (secondary N) is 1. The van der Waals surface area contributed by atoms with Gasteiger partial charge in [-0.2, -0.15) is 0 Å². The number of rotatable bonds is 4. The molecule has 4 N–H and O–H groups in total. The molecule has 0 radical (unpaired) electrons. The number of amides is 1. The average Bonchev–Trinajstić information content (AvgIpc) is 2.33. The van der Waals surface area contributed by atoms with Gasteiger partial charge in [0.2, 0.25) is 5.91 Å².